The van der Waals surface area contributed by atoms with E-state index in [4.69, 9.17) is 9.26 Å². The predicted octanol–water partition coefficient (Wildman–Crippen LogP) is 3.56. The number of hydrogen-bond donors (Lipinski definition) is 0. The molecule has 0 atom stereocenters. The third kappa shape index (κ3) is 4.07. The molecule has 3 aromatic rings. The molecule has 0 unspecified atom stereocenters. The van der Waals surface area contributed by atoms with Gasteiger partial charge in [0.15, 0.2) is 6.61 Å². The minimum absolute atomic E-state index is 0.120. The number of aromatic nitrogens is 2. The number of benzene rings is 2. The fourth-order valence-electron chi connectivity index (χ4n) is 2.08. The molecule has 5 nitrogen and oxygen atoms in total. The van der Waals surface area contributed by atoms with Crippen molar-refractivity contribution < 1.29 is 18.0 Å². The summed E-state index contributed by atoms with van der Waals surface area (Å²) >= 11 is 0. The Morgan fingerprint density at radius 3 is 2.29 bits per heavy atom. The lowest BCUT2D eigenvalue weighted by Gasteiger charge is -2.16. The van der Waals surface area contributed by atoms with Gasteiger partial charge in [-0.15, -0.1) is 0 Å². The highest BCUT2D eigenvalue weighted by Gasteiger charge is 2.10. The highest BCUT2D eigenvalue weighted by atomic mass is 19.1. The van der Waals surface area contributed by atoms with Crippen molar-refractivity contribution in [3.8, 4) is 5.75 Å². The number of hydrogen-bond acceptors (Lipinski definition) is 5. The van der Waals surface area contributed by atoms with Crippen LogP contribution < -0.4 is 9.64 Å². The van der Waals surface area contributed by atoms with E-state index in [1.807, 2.05) is 11.9 Å². The van der Waals surface area contributed by atoms with E-state index in [0.717, 1.165) is 5.69 Å². The van der Waals surface area contributed by atoms with Gasteiger partial charge in [-0.05, 0) is 48.5 Å². The molecule has 0 N–H and O–H groups in total. The van der Waals surface area contributed by atoms with Crippen LogP contribution in [0.5, 0.6) is 5.75 Å². The number of ether oxygens (including phenoxy) is 1. The molecule has 0 aliphatic carbocycles. The van der Waals surface area contributed by atoms with Crippen LogP contribution in [0.2, 0.25) is 0 Å². The van der Waals surface area contributed by atoms with E-state index >= 15 is 0 Å². The molecule has 24 heavy (non-hydrogen) atoms. The Bertz CT molecular complexity index is 788. The highest BCUT2D eigenvalue weighted by molar-refractivity contribution is 5.45. The number of nitrogens with zero attached hydrogens (tertiary/aromatic N) is 3. The van der Waals surface area contributed by atoms with Gasteiger partial charge in [-0.25, -0.2) is 8.78 Å². The molecule has 124 valence electrons. The van der Waals surface area contributed by atoms with Gasteiger partial charge in [0.1, 0.15) is 17.4 Å². The Kier molecular flexibility index (Phi) is 4.69. The minimum atomic E-state index is -0.326. The van der Waals surface area contributed by atoms with Gasteiger partial charge in [0, 0.05) is 12.7 Å². The zero-order valence-electron chi connectivity index (χ0n) is 12.9. The lowest BCUT2D eigenvalue weighted by Crippen LogP contribution is -2.16. The van der Waals surface area contributed by atoms with E-state index in [1.54, 1.807) is 12.1 Å². The van der Waals surface area contributed by atoms with Crippen molar-refractivity contribution in [1.29, 1.82) is 0 Å². The molecule has 0 bridgehead atoms. The van der Waals surface area contributed by atoms with E-state index in [2.05, 4.69) is 10.1 Å². The SMILES string of the molecule is CN(Cc1nc(COc2ccc(F)cc2)no1)c1ccc(F)cc1. The van der Waals surface area contributed by atoms with Crippen LogP contribution in [0.1, 0.15) is 11.7 Å². The maximum absolute atomic E-state index is 12.9. The van der Waals surface area contributed by atoms with Crippen molar-refractivity contribution in [3.05, 3.63) is 71.9 Å². The number of halogens is 2. The summed E-state index contributed by atoms with van der Waals surface area (Å²) in [7, 11) is 1.84. The molecule has 0 aliphatic rings. The summed E-state index contributed by atoms with van der Waals surface area (Å²) in [6.07, 6.45) is 0. The van der Waals surface area contributed by atoms with Crippen LogP contribution in [-0.4, -0.2) is 17.2 Å². The summed E-state index contributed by atoms with van der Waals surface area (Å²) in [4.78, 5) is 6.09. The van der Waals surface area contributed by atoms with Gasteiger partial charge in [-0.3, -0.25) is 0 Å². The van der Waals surface area contributed by atoms with Gasteiger partial charge in [-0.1, -0.05) is 5.16 Å². The maximum Gasteiger partial charge on any atom is 0.246 e. The zero-order valence-corrected chi connectivity index (χ0v) is 12.9. The lowest BCUT2D eigenvalue weighted by atomic mass is 10.3. The molecular formula is C17H15F2N3O2. The van der Waals surface area contributed by atoms with Gasteiger partial charge in [0.2, 0.25) is 11.7 Å². The first-order chi connectivity index (χ1) is 11.6. The fraction of sp³-hybridized carbons (Fsp3) is 0.176. The second kappa shape index (κ2) is 7.08. The summed E-state index contributed by atoms with van der Waals surface area (Å²) < 4.78 is 36.4. The Morgan fingerprint density at radius 2 is 1.62 bits per heavy atom. The van der Waals surface area contributed by atoms with Crippen LogP contribution in [0.15, 0.2) is 53.1 Å². The summed E-state index contributed by atoms with van der Waals surface area (Å²) in [6, 6.07) is 11.8. The molecule has 0 aliphatic heterocycles. The summed E-state index contributed by atoms with van der Waals surface area (Å²) in [5.41, 5.74) is 0.832. The molecule has 0 saturated carbocycles. The van der Waals surface area contributed by atoms with E-state index in [9.17, 15) is 8.78 Å². The Labute approximate surface area is 137 Å². The van der Waals surface area contributed by atoms with Crippen molar-refractivity contribution in [2.24, 2.45) is 0 Å². The topological polar surface area (TPSA) is 51.4 Å². The van der Waals surface area contributed by atoms with Crippen LogP contribution in [0.25, 0.3) is 0 Å². The van der Waals surface area contributed by atoms with Crippen molar-refractivity contribution in [2.45, 2.75) is 13.2 Å². The van der Waals surface area contributed by atoms with E-state index < -0.39 is 0 Å². The second-order valence-electron chi connectivity index (χ2n) is 5.18. The number of rotatable bonds is 6. The van der Waals surface area contributed by atoms with E-state index in [1.165, 1.54) is 36.4 Å². The van der Waals surface area contributed by atoms with Crippen LogP contribution >= 0.6 is 0 Å². The van der Waals surface area contributed by atoms with Crippen LogP contribution in [-0.2, 0) is 13.2 Å². The summed E-state index contributed by atoms with van der Waals surface area (Å²) in [6.45, 7) is 0.505. The normalized spacial score (nSPS) is 10.6. The molecule has 7 heteroatoms. The Morgan fingerprint density at radius 1 is 1.00 bits per heavy atom. The zero-order chi connectivity index (χ0) is 16.9. The third-order valence-corrected chi connectivity index (χ3v) is 3.33. The van der Waals surface area contributed by atoms with Crippen molar-refractivity contribution in [2.75, 3.05) is 11.9 Å². The van der Waals surface area contributed by atoms with Gasteiger partial charge < -0.3 is 14.2 Å². The molecule has 3 rings (SSSR count). The van der Waals surface area contributed by atoms with Gasteiger partial charge in [-0.2, -0.15) is 4.98 Å². The highest BCUT2D eigenvalue weighted by Crippen LogP contribution is 2.16. The predicted molar refractivity (Wildman–Crippen MR) is 83.5 cm³/mol. The van der Waals surface area contributed by atoms with Crippen molar-refractivity contribution in [3.63, 3.8) is 0 Å². The first kappa shape index (κ1) is 15.9. The van der Waals surface area contributed by atoms with Crippen LogP contribution in [0.3, 0.4) is 0 Å². The fourth-order valence-corrected chi connectivity index (χ4v) is 2.08. The molecular weight excluding hydrogens is 316 g/mol. The largest absolute Gasteiger partial charge is 0.485 e. The summed E-state index contributed by atoms with van der Waals surface area (Å²) in [5.74, 6) is 0.714. The average molecular weight is 331 g/mol. The molecule has 1 heterocycles. The molecule has 0 saturated heterocycles. The minimum Gasteiger partial charge on any atom is -0.485 e. The Hall–Kier alpha value is -2.96. The van der Waals surface area contributed by atoms with E-state index in [-0.39, 0.29) is 18.2 Å². The lowest BCUT2D eigenvalue weighted by molar-refractivity contribution is 0.284. The average Bonchev–Trinajstić information content (AvgIpc) is 3.02. The van der Waals surface area contributed by atoms with Gasteiger partial charge in [0.05, 0.1) is 6.54 Å². The molecule has 0 fully saturated rings. The van der Waals surface area contributed by atoms with Gasteiger partial charge in [0.25, 0.3) is 0 Å². The van der Waals surface area contributed by atoms with Crippen molar-refractivity contribution >= 4 is 5.69 Å². The van der Waals surface area contributed by atoms with Crippen LogP contribution in [0.4, 0.5) is 14.5 Å². The molecule has 0 spiro atoms. The maximum atomic E-state index is 12.9. The monoisotopic (exact) mass is 331 g/mol. The smallest absolute Gasteiger partial charge is 0.246 e. The number of anilines is 1. The molecule has 1 aromatic heterocycles. The third-order valence-electron chi connectivity index (χ3n) is 3.33. The molecule has 0 amide bonds. The molecule has 2 aromatic carbocycles. The van der Waals surface area contributed by atoms with E-state index in [0.29, 0.717) is 24.0 Å². The molecule has 0 radical (unpaired) electrons. The van der Waals surface area contributed by atoms with Crippen molar-refractivity contribution in [1.82, 2.24) is 10.1 Å². The van der Waals surface area contributed by atoms with Gasteiger partial charge >= 0.3 is 0 Å². The first-order valence-corrected chi connectivity index (χ1v) is 7.27. The first-order valence-electron chi connectivity index (χ1n) is 7.27. The second-order valence-corrected chi connectivity index (χ2v) is 5.18. The summed E-state index contributed by atoms with van der Waals surface area (Å²) in [5, 5.41) is 3.84. The standard InChI is InChI=1S/C17H15F2N3O2/c1-22(14-6-2-12(18)3-7-14)10-17-20-16(21-24-17)11-23-15-8-4-13(19)5-9-15/h2-9H,10-11H2,1H3. The van der Waals surface area contributed by atoms with Crippen LogP contribution in [0, 0.1) is 11.6 Å². The quantitative estimate of drug-likeness (QED) is 0.691. The Balaban J connectivity index is 1.56.